The second kappa shape index (κ2) is 12.0. The number of aliphatic hydroxyl groups is 1. The molecule has 0 spiro atoms. The summed E-state index contributed by atoms with van der Waals surface area (Å²) in [5, 5.41) is 22.8. The van der Waals surface area contributed by atoms with E-state index in [9.17, 15) is 39.0 Å². The zero-order valence-electron chi connectivity index (χ0n) is 26.6. The number of esters is 1. The highest BCUT2D eigenvalue weighted by atomic mass is 16.5. The molecule has 248 valence electrons. The first-order chi connectivity index (χ1) is 21.8. The maximum atomic E-state index is 14.3. The summed E-state index contributed by atoms with van der Waals surface area (Å²) in [6.45, 7) is 1.73. The van der Waals surface area contributed by atoms with E-state index >= 15 is 0 Å². The van der Waals surface area contributed by atoms with Crippen molar-refractivity contribution in [3.05, 3.63) is 29.3 Å². The highest BCUT2D eigenvalue weighted by molar-refractivity contribution is 6.32. The van der Waals surface area contributed by atoms with Gasteiger partial charge in [-0.3, -0.25) is 33.7 Å². The minimum atomic E-state index is -3.02. The highest BCUT2D eigenvalue weighted by Gasteiger charge is 2.74. The van der Waals surface area contributed by atoms with Gasteiger partial charge in [0.1, 0.15) is 11.9 Å². The summed E-state index contributed by atoms with van der Waals surface area (Å²) in [7, 11) is 2.99. The van der Waals surface area contributed by atoms with Gasteiger partial charge in [-0.25, -0.2) is 0 Å². The molecule has 11 heteroatoms. The number of fused-ring (bicyclic) bond motifs is 5. The average molecular weight is 637 g/mol. The van der Waals surface area contributed by atoms with Crippen LogP contribution in [0.2, 0.25) is 0 Å². The quantitative estimate of drug-likeness (QED) is 0.297. The average Bonchev–Trinajstić information content (AvgIpc) is 2.98. The number of likely N-dealkylation sites (N-methyl/N-ethyl adjacent to an activating group) is 1. The number of hydrogen-bond acceptors (Lipinski definition) is 10. The summed E-state index contributed by atoms with van der Waals surface area (Å²) < 4.78 is 6.13. The Balaban J connectivity index is 1.36. The van der Waals surface area contributed by atoms with Crippen molar-refractivity contribution in [3.8, 4) is 5.75 Å². The monoisotopic (exact) mass is 636 g/mol. The van der Waals surface area contributed by atoms with Gasteiger partial charge in [-0.05, 0) is 81.5 Å². The molecule has 0 aliphatic heterocycles. The molecule has 0 heterocycles. The summed E-state index contributed by atoms with van der Waals surface area (Å²) in [5.41, 5.74) is 2.75. The van der Waals surface area contributed by atoms with Gasteiger partial charge in [-0.15, -0.1) is 0 Å². The van der Waals surface area contributed by atoms with E-state index in [1.807, 2.05) is 0 Å². The summed E-state index contributed by atoms with van der Waals surface area (Å²) in [5.74, 6) is -11.7. The largest absolute Gasteiger partial charge is 0.507 e. The number of ether oxygens (including phenoxy) is 1. The van der Waals surface area contributed by atoms with Crippen LogP contribution in [0.15, 0.2) is 18.2 Å². The molecule has 6 rings (SSSR count). The van der Waals surface area contributed by atoms with Crippen molar-refractivity contribution in [3.63, 3.8) is 0 Å². The fourth-order valence-corrected chi connectivity index (χ4v) is 9.92. The van der Waals surface area contributed by atoms with E-state index in [2.05, 4.69) is 0 Å². The van der Waals surface area contributed by atoms with E-state index in [1.54, 1.807) is 19.1 Å². The number of carbonyl (C=O) groups is 6. The van der Waals surface area contributed by atoms with Gasteiger partial charge in [0.05, 0.1) is 23.4 Å². The van der Waals surface area contributed by atoms with Crippen molar-refractivity contribution in [2.75, 3.05) is 14.1 Å². The minimum Gasteiger partial charge on any atom is -0.507 e. The number of benzene rings is 1. The van der Waals surface area contributed by atoms with Crippen molar-refractivity contribution in [2.24, 2.45) is 47.2 Å². The summed E-state index contributed by atoms with van der Waals surface area (Å²) >= 11 is 0. The molecule has 4 saturated carbocycles. The number of nitrogens with zero attached hydrogens (tertiary/aromatic N) is 1. The zero-order valence-corrected chi connectivity index (χ0v) is 26.6. The van der Waals surface area contributed by atoms with Gasteiger partial charge < -0.3 is 20.7 Å². The Hall–Kier alpha value is -3.44. The van der Waals surface area contributed by atoms with E-state index in [0.29, 0.717) is 17.9 Å². The number of phenols is 1. The maximum Gasteiger partial charge on any atom is 0.306 e. The Morgan fingerprint density at radius 2 is 1.72 bits per heavy atom. The number of phenolic OH excluding ortho intramolecular Hbond substituents is 1. The SMILES string of the molecule is C[C@H]1c2cccc(O)c2C(=O)C2C(=O)[C@]3(O)C(=O)C(C(N)=O)C(=O)C(N(C)C)[C@@H]3[C@@H](OC(=O)CCCC3CC4CCCC(C3)C4)[C@@H]21. The third kappa shape index (κ3) is 5.01. The normalized spacial score (nSPS) is 38.5. The number of carbonyl (C=O) groups excluding carboxylic acids is 6. The first-order valence-corrected chi connectivity index (χ1v) is 16.6. The molecular formula is C35H44N2O9. The Morgan fingerprint density at radius 3 is 2.35 bits per heavy atom. The Labute approximate surface area is 268 Å². The molecule has 5 unspecified atom stereocenters. The lowest BCUT2D eigenvalue weighted by molar-refractivity contribution is -0.205. The van der Waals surface area contributed by atoms with Gasteiger partial charge >= 0.3 is 5.97 Å². The van der Waals surface area contributed by atoms with E-state index < -0.39 is 82.3 Å². The lowest BCUT2D eigenvalue weighted by Crippen LogP contribution is -2.78. The van der Waals surface area contributed by atoms with Crippen LogP contribution in [0, 0.1) is 41.4 Å². The molecule has 5 aliphatic carbocycles. The molecule has 1 aromatic rings. The van der Waals surface area contributed by atoms with Crippen LogP contribution in [0.3, 0.4) is 0 Å². The van der Waals surface area contributed by atoms with Crippen molar-refractivity contribution in [2.45, 2.75) is 88.4 Å². The smallest absolute Gasteiger partial charge is 0.306 e. The van der Waals surface area contributed by atoms with Crippen LogP contribution < -0.4 is 5.73 Å². The molecule has 10 atom stereocenters. The molecule has 11 nitrogen and oxygen atoms in total. The number of nitrogens with two attached hydrogens (primary N) is 1. The molecule has 4 N–H and O–H groups in total. The van der Waals surface area contributed by atoms with Crippen molar-refractivity contribution in [1.82, 2.24) is 4.90 Å². The van der Waals surface area contributed by atoms with Gasteiger partial charge in [0.15, 0.2) is 34.7 Å². The molecule has 5 aliphatic rings. The van der Waals surface area contributed by atoms with Crippen LogP contribution in [0.5, 0.6) is 5.75 Å². The van der Waals surface area contributed by atoms with E-state index in [-0.39, 0.29) is 17.7 Å². The third-order valence-corrected chi connectivity index (χ3v) is 11.8. The Morgan fingerprint density at radius 1 is 1.04 bits per heavy atom. The van der Waals surface area contributed by atoms with Crippen molar-refractivity contribution >= 4 is 35.0 Å². The number of primary amides is 1. The molecule has 46 heavy (non-hydrogen) atoms. The van der Waals surface area contributed by atoms with Gasteiger partial charge in [0, 0.05) is 12.3 Å². The van der Waals surface area contributed by atoms with Gasteiger partial charge in [0.2, 0.25) is 5.91 Å². The number of ketones is 4. The second-order valence-corrected chi connectivity index (χ2v) is 14.7. The molecular weight excluding hydrogens is 592 g/mol. The van der Waals surface area contributed by atoms with E-state index in [0.717, 1.165) is 31.1 Å². The lowest BCUT2D eigenvalue weighted by atomic mass is 9.49. The van der Waals surface area contributed by atoms with Crippen LogP contribution in [0.4, 0.5) is 0 Å². The number of Topliss-reactive ketones (excluding diaryl/α,β-unsaturated/α-hetero) is 4. The van der Waals surface area contributed by atoms with Crippen LogP contribution in [-0.2, 0) is 28.7 Å². The van der Waals surface area contributed by atoms with Crippen LogP contribution in [-0.4, -0.2) is 82.0 Å². The summed E-state index contributed by atoms with van der Waals surface area (Å²) in [4.78, 5) is 83.2. The lowest BCUT2D eigenvalue weighted by Gasteiger charge is -2.56. The van der Waals surface area contributed by atoms with Gasteiger partial charge in [0.25, 0.3) is 0 Å². The Bertz CT molecular complexity index is 1480. The van der Waals surface area contributed by atoms with Crippen molar-refractivity contribution < 1.29 is 43.7 Å². The predicted molar refractivity (Wildman–Crippen MR) is 163 cm³/mol. The molecule has 0 radical (unpaired) electrons. The number of aromatic hydroxyl groups is 1. The summed E-state index contributed by atoms with van der Waals surface area (Å²) in [6.07, 6.45) is 7.51. The number of rotatable bonds is 7. The van der Waals surface area contributed by atoms with Gasteiger partial charge in [-0.2, -0.15) is 0 Å². The second-order valence-electron chi connectivity index (χ2n) is 14.7. The standard InChI is InChI=1S/C35H44N2O9/c1-16-20-10-6-11-21(38)24(20)29(40)25-23(16)31(46-22(39)12-5-9-19-14-17-7-4-8-18(13-17)15-19)27-28(37(2)3)30(41)26(34(36)44)33(43)35(27,45)32(25)42/h6,10-11,16-19,23,25-28,31,38,45H,4-5,7-9,12-15H2,1-3H3,(H2,36,44)/t16-,17?,18?,19?,23+,25?,26?,27+,28?,31-,35-/m0/s1. The highest BCUT2D eigenvalue weighted by Crippen LogP contribution is 2.55. The first-order valence-electron chi connectivity index (χ1n) is 16.6. The predicted octanol–water partition coefficient (Wildman–Crippen LogP) is 2.34. The molecule has 2 bridgehead atoms. The Kier molecular flexibility index (Phi) is 8.46. The van der Waals surface area contributed by atoms with Crippen LogP contribution in [0.1, 0.15) is 86.6 Å². The fraction of sp³-hybridized carbons (Fsp3) is 0.657. The molecule has 0 aromatic heterocycles. The summed E-state index contributed by atoms with van der Waals surface area (Å²) in [6, 6.07) is 3.10. The number of amides is 1. The van der Waals surface area contributed by atoms with E-state index in [4.69, 9.17) is 10.5 Å². The van der Waals surface area contributed by atoms with E-state index in [1.165, 1.54) is 50.7 Å². The number of hydrogen-bond donors (Lipinski definition) is 3. The van der Waals surface area contributed by atoms with Crippen molar-refractivity contribution in [1.29, 1.82) is 0 Å². The molecule has 1 aromatic carbocycles. The van der Waals surface area contributed by atoms with Gasteiger partial charge in [-0.1, -0.05) is 38.3 Å². The fourth-order valence-electron chi connectivity index (χ4n) is 9.92. The van der Waals surface area contributed by atoms with Crippen LogP contribution in [0.25, 0.3) is 0 Å². The topological polar surface area (TPSA) is 181 Å². The zero-order chi connectivity index (χ0) is 33.2. The molecule has 1 amide bonds. The third-order valence-electron chi connectivity index (χ3n) is 11.8. The van der Waals surface area contributed by atoms with Crippen LogP contribution >= 0.6 is 0 Å². The minimum absolute atomic E-state index is 0.0525. The maximum absolute atomic E-state index is 14.3. The molecule has 0 saturated heterocycles. The molecule has 4 fully saturated rings. The first kappa shape index (κ1) is 32.5.